The quantitative estimate of drug-likeness (QED) is 0.595. The number of alkyl halides is 3. The van der Waals surface area contributed by atoms with Gasteiger partial charge in [-0.15, -0.1) is 11.3 Å². The van der Waals surface area contributed by atoms with Crippen LogP contribution in [0.1, 0.15) is 20.2 Å². The van der Waals surface area contributed by atoms with Gasteiger partial charge in [0, 0.05) is 11.8 Å². The second-order valence-electron chi connectivity index (χ2n) is 3.49. The molecule has 0 amide bonds. The van der Waals surface area contributed by atoms with Crippen molar-refractivity contribution in [1.82, 2.24) is 4.98 Å². The molecule has 1 aromatic carbocycles. The minimum absolute atomic E-state index is 0.0296. The summed E-state index contributed by atoms with van der Waals surface area (Å²) in [6, 6.07) is 3.59. The Morgan fingerprint density at radius 2 is 2.00 bits per heavy atom. The average Bonchev–Trinajstić information content (AvgIpc) is 2.81. The lowest BCUT2D eigenvalue weighted by Crippen LogP contribution is -2.03. The molecule has 0 radical (unpaired) electrons. The van der Waals surface area contributed by atoms with E-state index in [0.29, 0.717) is 0 Å². The molecule has 19 heavy (non-hydrogen) atoms. The van der Waals surface area contributed by atoms with Crippen molar-refractivity contribution < 1.29 is 22.4 Å². The van der Waals surface area contributed by atoms with Crippen LogP contribution in [0.4, 0.5) is 17.6 Å². The van der Waals surface area contributed by atoms with Gasteiger partial charge in [0.2, 0.25) is 5.78 Å². The van der Waals surface area contributed by atoms with Crippen LogP contribution in [0.3, 0.4) is 0 Å². The molecule has 0 bridgehead atoms. The van der Waals surface area contributed by atoms with Gasteiger partial charge in [-0.1, -0.05) is 0 Å². The van der Waals surface area contributed by atoms with E-state index in [9.17, 15) is 22.4 Å². The van der Waals surface area contributed by atoms with Crippen LogP contribution in [0, 0.1) is 5.82 Å². The van der Waals surface area contributed by atoms with Gasteiger partial charge >= 0.3 is 6.18 Å². The highest BCUT2D eigenvalue weighted by Crippen LogP contribution is 2.33. The zero-order valence-electron chi connectivity index (χ0n) is 8.96. The van der Waals surface area contributed by atoms with E-state index in [1.54, 1.807) is 0 Å². The van der Waals surface area contributed by atoms with Gasteiger partial charge in [0.05, 0.1) is 9.35 Å². The van der Waals surface area contributed by atoms with Crippen LogP contribution in [0.25, 0.3) is 0 Å². The maximum Gasteiger partial charge on any atom is 0.443 e. The molecule has 0 aliphatic heterocycles. The van der Waals surface area contributed by atoms with Crippen LogP contribution in [0.2, 0.25) is 0 Å². The van der Waals surface area contributed by atoms with E-state index >= 15 is 0 Å². The Kier molecular flexibility index (Phi) is 3.73. The highest BCUT2D eigenvalue weighted by Gasteiger charge is 2.35. The van der Waals surface area contributed by atoms with Crippen molar-refractivity contribution in [2.24, 2.45) is 0 Å². The van der Waals surface area contributed by atoms with Gasteiger partial charge in [-0.3, -0.25) is 4.79 Å². The monoisotopic (exact) mass is 353 g/mol. The summed E-state index contributed by atoms with van der Waals surface area (Å²) in [7, 11) is 0. The lowest BCUT2D eigenvalue weighted by atomic mass is 10.1. The summed E-state index contributed by atoms with van der Waals surface area (Å²) >= 11 is 3.15. The Morgan fingerprint density at radius 1 is 1.32 bits per heavy atom. The summed E-state index contributed by atoms with van der Waals surface area (Å²) in [4.78, 5) is 14.8. The zero-order valence-corrected chi connectivity index (χ0v) is 11.4. The number of ketones is 1. The molecule has 2 nitrogen and oxygen atoms in total. The highest BCUT2D eigenvalue weighted by atomic mass is 79.9. The Morgan fingerprint density at radius 3 is 2.53 bits per heavy atom. The summed E-state index contributed by atoms with van der Waals surface area (Å²) in [5.74, 6) is -1.36. The molecule has 0 aliphatic carbocycles. The fourth-order valence-corrected chi connectivity index (χ4v) is 2.28. The smallest absolute Gasteiger partial charge is 0.288 e. The lowest BCUT2D eigenvalue weighted by molar-refractivity contribution is -0.137. The first-order chi connectivity index (χ1) is 8.79. The minimum Gasteiger partial charge on any atom is -0.288 e. The number of rotatable bonds is 2. The number of carbonyl (C=O) groups is 1. The molecule has 0 spiro atoms. The summed E-state index contributed by atoms with van der Waals surface area (Å²) in [5.41, 5.74) is -0.0296. The number of hydrogen-bond acceptors (Lipinski definition) is 3. The molecule has 1 aromatic heterocycles. The highest BCUT2D eigenvalue weighted by molar-refractivity contribution is 9.10. The number of benzene rings is 1. The number of nitrogens with zero attached hydrogens (tertiary/aromatic N) is 1. The average molecular weight is 354 g/mol. The second-order valence-corrected chi connectivity index (χ2v) is 5.37. The molecule has 0 saturated carbocycles. The largest absolute Gasteiger partial charge is 0.443 e. The van der Waals surface area contributed by atoms with Crippen LogP contribution >= 0.6 is 27.3 Å². The van der Waals surface area contributed by atoms with E-state index in [-0.39, 0.29) is 26.3 Å². The van der Waals surface area contributed by atoms with Crippen molar-refractivity contribution in [2.45, 2.75) is 6.18 Å². The normalized spacial score (nSPS) is 11.6. The second kappa shape index (κ2) is 5.01. The molecule has 0 aliphatic rings. The number of carbonyl (C=O) groups excluding carboxylic acids is 1. The van der Waals surface area contributed by atoms with Crippen LogP contribution in [-0.2, 0) is 6.18 Å². The Hall–Kier alpha value is -1.28. The molecule has 1 heterocycles. The van der Waals surface area contributed by atoms with Crippen molar-refractivity contribution in [1.29, 1.82) is 0 Å². The molecule has 8 heteroatoms. The fourth-order valence-electron chi connectivity index (χ4n) is 1.29. The maximum atomic E-state index is 13.3. The van der Waals surface area contributed by atoms with E-state index in [0.717, 1.165) is 12.3 Å². The van der Waals surface area contributed by atoms with Crippen LogP contribution in [0.5, 0.6) is 0 Å². The Balaban J connectivity index is 2.34. The summed E-state index contributed by atoms with van der Waals surface area (Å²) in [5, 5.41) is -1.10. The lowest BCUT2D eigenvalue weighted by Gasteiger charge is -2.00. The molecular formula is C11H4BrF4NOS. The first-order valence-electron chi connectivity index (χ1n) is 4.82. The Labute approximate surface area is 117 Å². The molecule has 0 saturated heterocycles. The number of hydrogen-bond donors (Lipinski definition) is 0. The first-order valence-corrected chi connectivity index (χ1v) is 6.43. The van der Waals surface area contributed by atoms with Gasteiger partial charge < -0.3 is 0 Å². The molecular weight excluding hydrogens is 350 g/mol. The molecule has 0 atom stereocenters. The number of halogens is 5. The van der Waals surface area contributed by atoms with Crippen LogP contribution in [-0.4, -0.2) is 10.8 Å². The summed E-state index contributed by atoms with van der Waals surface area (Å²) in [6.45, 7) is 0. The van der Waals surface area contributed by atoms with E-state index in [2.05, 4.69) is 20.9 Å². The van der Waals surface area contributed by atoms with E-state index in [1.807, 2.05) is 0 Å². The molecule has 0 N–H and O–H groups in total. The Bertz CT molecular complexity index is 638. The van der Waals surface area contributed by atoms with E-state index < -0.39 is 22.8 Å². The SMILES string of the molecule is O=C(c1ccc(Br)c(F)c1)c1cnc(C(F)(F)F)s1. The molecule has 0 fully saturated rings. The number of aromatic nitrogens is 1. The number of thiazole rings is 1. The third-order valence-electron chi connectivity index (χ3n) is 2.15. The predicted molar refractivity (Wildman–Crippen MR) is 64.6 cm³/mol. The van der Waals surface area contributed by atoms with Gasteiger partial charge in [-0.05, 0) is 34.1 Å². The standard InChI is InChI=1S/C11H4BrF4NOS/c12-6-2-1-5(3-7(6)13)9(18)8-4-17-10(19-8)11(14,15)16/h1-4H. The molecule has 100 valence electrons. The first kappa shape index (κ1) is 14.1. The van der Waals surface area contributed by atoms with Crippen LogP contribution < -0.4 is 0 Å². The molecule has 0 unspecified atom stereocenters. The van der Waals surface area contributed by atoms with E-state index in [1.165, 1.54) is 12.1 Å². The zero-order chi connectivity index (χ0) is 14.2. The van der Waals surface area contributed by atoms with Gasteiger partial charge in [0.1, 0.15) is 5.82 Å². The van der Waals surface area contributed by atoms with Gasteiger partial charge in [0.25, 0.3) is 0 Å². The third kappa shape index (κ3) is 3.01. The van der Waals surface area contributed by atoms with Crippen molar-refractivity contribution in [3.63, 3.8) is 0 Å². The van der Waals surface area contributed by atoms with Crippen molar-refractivity contribution in [2.75, 3.05) is 0 Å². The van der Waals surface area contributed by atoms with Crippen molar-refractivity contribution >= 4 is 33.0 Å². The minimum atomic E-state index is -4.59. The predicted octanol–water partition coefficient (Wildman–Crippen LogP) is 4.29. The van der Waals surface area contributed by atoms with Crippen LogP contribution in [0.15, 0.2) is 28.9 Å². The third-order valence-corrected chi connectivity index (χ3v) is 3.84. The summed E-state index contributed by atoms with van der Waals surface area (Å²) in [6.07, 6.45) is -3.75. The molecule has 2 rings (SSSR count). The van der Waals surface area contributed by atoms with Crippen molar-refractivity contribution in [3.8, 4) is 0 Å². The van der Waals surface area contributed by atoms with Crippen molar-refractivity contribution in [3.05, 3.63) is 50.1 Å². The van der Waals surface area contributed by atoms with Gasteiger partial charge in [0.15, 0.2) is 5.01 Å². The topological polar surface area (TPSA) is 30.0 Å². The van der Waals surface area contributed by atoms with E-state index in [4.69, 9.17) is 0 Å². The summed E-state index contributed by atoms with van der Waals surface area (Å²) < 4.78 is 50.5. The fraction of sp³-hybridized carbons (Fsp3) is 0.0909. The van der Waals surface area contributed by atoms with Gasteiger partial charge in [-0.2, -0.15) is 13.2 Å². The van der Waals surface area contributed by atoms with Gasteiger partial charge in [-0.25, -0.2) is 9.37 Å². The maximum absolute atomic E-state index is 13.3. The molecule has 2 aromatic rings.